The standard InChI is InChI=1S/C15H27N3O2/c16-14(19)12-17-8-3-9-18(11-10-17)15(20)7-6-13-4-1-2-5-13/h13H,1-12H2,(H2,16,19). The van der Waals surface area contributed by atoms with Gasteiger partial charge in [-0.25, -0.2) is 0 Å². The highest BCUT2D eigenvalue weighted by Gasteiger charge is 2.21. The molecule has 1 saturated carbocycles. The quantitative estimate of drug-likeness (QED) is 0.817. The Kier molecular flexibility index (Phi) is 5.83. The van der Waals surface area contributed by atoms with Crippen LogP contribution in [0.15, 0.2) is 0 Å². The molecule has 0 spiro atoms. The minimum Gasteiger partial charge on any atom is -0.369 e. The van der Waals surface area contributed by atoms with Crippen LogP contribution in [0.3, 0.4) is 0 Å². The molecule has 1 heterocycles. The van der Waals surface area contributed by atoms with Gasteiger partial charge in [-0.15, -0.1) is 0 Å². The molecule has 1 aliphatic carbocycles. The normalized spacial score (nSPS) is 21.9. The zero-order chi connectivity index (χ0) is 14.4. The lowest BCUT2D eigenvalue weighted by Crippen LogP contribution is -2.38. The number of hydrogen-bond acceptors (Lipinski definition) is 3. The Morgan fingerprint density at radius 1 is 1.00 bits per heavy atom. The summed E-state index contributed by atoms with van der Waals surface area (Å²) in [5, 5.41) is 0. The highest BCUT2D eigenvalue weighted by Crippen LogP contribution is 2.28. The summed E-state index contributed by atoms with van der Waals surface area (Å²) in [5.41, 5.74) is 5.23. The fraction of sp³-hybridized carbons (Fsp3) is 0.867. The summed E-state index contributed by atoms with van der Waals surface area (Å²) in [5.74, 6) is 0.779. The molecule has 0 atom stereocenters. The maximum Gasteiger partial charge on any atom is 0.231 e. The number of primary amides is 1. The molecule has 0 unspecified atom stereocenters. The highest BCUT2D eigenvalue weighted by atomic mass is 16.2. The van der Waals surface area contributed by atoms with Crippen LogP contribution in [0.1, 0.15) is 44.9 Å². The Morgan fingerprint density at radius 3 is 2.45 bits per heavy atom. The minimum absolute atomic E-state index is 0.286. The Balaban J connectivity index is 1.71. The number of amides is 2. The molecule has 2 aliphatic rings. The SMILES string of the molecule is NC(=O)CN1CCCN(C(=O)CCC2CCCC2)CC1. The summed E-state index contributed by atoms with van der Waals surface area (Å²) in [6.07, 6.45) is 7.97. The van der Waals surface area contributed by atoms with Crippen molar-refractivity contribution in [3.05, 3.63) is 0 Å². The molecule has 114 valence electrons. The van der Waals surface area contributed by atoms with E-state index >= 15 is 0 Å². The lowest BCUT2D eigenvalue weighted by atomic mass is 10.0. The van der Waals surface area contributed by atoms with Gasteiger partial charge in [-0.1, -0.05) is 25.7 Å². The lowest BCUT2D eigenvalue weighted by molar-refractivity contribution is -0.131. The number of nitrogens with two attached hydrogens (primary N) is 1. The third kappa shape index (κ3) is 4.78. The van der Waals surface area contributed by atoms with Crippen molar-refractivity contribution in [1.82, 2.24) is 9.80 Å². The molecule has 0 aromatic rings. The Labute approximate surface area is 121 Å². The van der Waals surface area contributed by atoms with Gasteiger partial charge >= 0.3 is 0 Å². The van der Waals surface area contributed by atoms with E-state index in [0.29, 0.717) is 13.0 Å². The molecular formula is C15H27N3O2. The van der Waals surface area contributed by atoms with Crippen molar-refractivity contribution in [3.63, 3.8) is 0 Å². The highest BCUT2D eigenvalue weighted by molar-refractivity contribution is 5.76. The number of rotatable bonds is 5. The first-order valence-electron chi connectivity index (χ1n) is 7.93. The molecule has 2 rings (SSSR count). The average molecular weight is 281 g/mol. The van der Waals surface area contributed by atoms with Gasteiger partial charge in [0, 0.05) is 32.6 Å². The molecule has 0 aromatic heterocycles. The summed E-state index contributed by atoms with van der Waals surface area (Å²) >= 11 is 0. The third-order valence-corrected chi connectivity index (χ3v) is 4.56. The van der Waals surface area contributed by atoms with Crippen LogP contribution in [0.4, 0.5) is 0 Å². The number of carbonyl (C=O) groups excluding carboxylic acids is 2. The van der Waals surface area contributed by atoms with Gasteiger partial charge in [-0.3, -0.25) is 14.5 Å². The van der Waals surface area contributed by atoms with Crippen LogP contribution >= 0.6 is 0 Å². The second-order valence-electron chi connectivity index (χ2n) is 6.17. The van der Waals surface area contributed by atoms with E-state index in [1.165, 1.54) is 25.7 Å². The Bertz CT molecular complexity index is 340. The van der Waals surface area contributed by atoms with Crippen LogP contribution in [-0.2, 0) is 9.59 Å². The zero-order valence-corrected chi connectivity index (χ0v) is 12.4. The second-order valence-corrected chi connectivity index (χ2v) is 6.17. The van der Waals surface area contributed by atoms with Crippen LogP contribution < -0.4 is 5.73 Å². The fourth-order valence-corrected chi connectivity index (χ4v) is 3.38. The van der Waals surface area contributed by atoms with Gasteiger partial charge in [-0.05, 0) is 18.8 Å². The Morgan fingerprint density at radius 2 is 1.75 bits per heavy atom. The maximum absolute atomic E-state index is 12.3. The second kappa shape index (κ2) is 7.62. The number of hydrogen-bond donors (Lipinski definition) is 1. The molecule has 1 saturated heterocycles. The van der Waals surface area contributed by atoms with Gasteiger partial charge in [0.05, 0.1) is 6.54 Å². The topological polar surface area (TPSA) is 66.6 Å². The molecule has 0 aromatic carbocycles. The van der Waals surface area contributed by atoms with Crippen molar-refractivity contribution < 1.29 is 9.59 Å². The molecule has 20 heavy (non-hydrogen) atoms. The fourth-order valence-electron chi connectivity index (χ4n) is 3.38. The van der Waals surface area contributed by atoms with E-state index in [9.17, 15) is 9.59 Å². The summed E-state index contributed by atoms with van der Waals surface area (Å²) in [7, 11) is 0. The van der Waals surface area contributed by atoms with Crippen LogP contribution in [-0.4, -0.2) is 54.3 Å². The molecular weight excluding hydrogens is 254 g/mol. The van der Waals surface area contributed by atoms with Crippen molar-refractivity contribution in [2.75, 3.05) is 32.7 Å². The molecule has 5 nitrogen and oxygen atoms in total. The van der Waals surface area contributed by atoms with Gasteiger partial charge < -0.3 is 10.6 Å². The first-order valence-corrected chi connectivity index (χ1v) is 7.93. The van der Waals surface area contributed by atoms with E-state index in [1.807, 2.05) is 9.80 Å². The summed E-state index contributed by atoms with van der Waals surface area (Å²) < 4.78 is 0. The first kappa shape index (κ1) is 15.3. The van der Waals surface area contributed by atoms with Gasteiger partial charge in [0.15, 0.2) is 0 Å². The average Bonchev–Trinajstić information content (AvgIpc) is 2.82. The summed E-state index contributed by atoms with van der Waals surface area (Å²) in [6, 6.07) is 0. The predicted molar refractivity (Wildman–Crippen MR) is 78.0 cm³/mol. The van der Waals surface area contributed by atoms with E-state index in [-0.39, 0.29) is 11.8 Å². The number of carbonyl (C=O) groups is 2. The van der Waals surface area contributed by atoms with Crippen LogP contribution in [0, 0.1) is 5.92 Å². The van der Waals surface area contributed by atoms with E-state index in [0.717, 1.165) is 44.9 Å². The van der Waals surface area contributed by atoms with Crippen LogP contribution in [0.2, 0.25) is 0 Å². The van der Waals surface area contributed by atoms with Crippen LogP contribution in [0.5, 0.6) is 0 Å². The van der Waals surface area contributed by atoms with Crippen molar-refractivity contribution in [2.45, 2.75) is 44.9 Å². The van der Waals surface area contributed by atoms with Gasteiger partial charge in [0.2, 0.25) is 11.8 Å². The largest absolute Gasteiger partial charge is 0.369 e. The van der Waals surface area contributed by atoms with Crippen molar-refractivity contribution in [2.24, 2.45) is 11.7 Å². The molecule has 5 heteroatoms. The predicted octanol–water partition coefficient (Wildman–Crippen LogP) is 0.976. The van der Waals surface area contributed by atoms with E-state index in [1.54, 1.807) is 0 Å². The van der Waals surface area contributed by atoms with E-state index in [2.05, 4.69) is 0 Å². The Hall–Kier alpha value is -1.10. The molecule has 2 N–H and O–H groups in total. The summed E-state index contributed by atoms with van der Waals surface area (Å²) in [4.78, 5) is 27.2. The van der Waals surface area contributed by atoms with Crippen molar-refractivity contribution in [3.8, 4) is 0 Å². The lowest BCUT2D eigenvalue weighted by Gasteiger charge is -2.22. The van der Waals surface area contributed by atoms with Crippen molar-refractivity contribution in [1.29, 1.82) is 0 Å². The maximum atomic E-state index is 12.3. The zero-order valence-electron chi connectivity index (χ0n) is 12.4. The smallest absolute Gasteiger partial charge is 0.231 e. The van der Waals surface area contributed by atoms with E-state index < -0.39 is 0 Å². The molecule has 0 radical (unpaired) electrons. The third-order valence-electron chi connectivity index (χ3n) is 4.56. The van der Waals surface area contributed by atoms with Gasteiger partial charge in [0.25, 0.3) is 0 Å². The molecule has 0 bridgehead atoms. The van der Waals surface area contributed by atoms with E-state index in [4.69, 9.17) is 5.73 Å². The minimum atomic E-state index is -0.286. The molecule has 1 aliphatic heterocycles. The van der Waals surface area contributed by atoms with Crippen molar-refractivity contribution >= 4 is 11.8 Å². The first-order chi connectivity index (χ1) is 9.65. The van der Waals surface area contributed by atoms with Crippen LogP contribution in [0.25, 0.3) is 0 Å². The molecule has 2 amide bonds. The van der Waals surface area contributed by atoms with Gasteiger partial charge in [-0.2, -0.15) is 0 Å². The molecule has 2 fully saturated rings. The number of nitrogens with zero attached hydrogens (tertiary/aromatic N) is 2. The monoisotopic (exact) mass is 281 g/mol. The van der Waals surface area contributed by atoms with Gasteiger partial charge in [0.1, 0.15) is 0 Å². The summed E-state index contributed by atoms with van der Waals surface area (Å²) in [6.45, 7) is 3.48.